The van der Waals surface area contributed by atoms with Crippen molar-refractivity contribution in [3.8, 4) is 0 Å². The van der Waals surface area contributed by atoms with E-state index in [2.05, 4.69) is 14.7 Å². The largest absolute Gasteiger partial charge is 0.279 e. The summed E-state index contributed by atoms with van der Waals surface area (Å²) in [7, 11) is -3.89. The van der Waals surface area contributed by atoms with Crippen LogP contribution in [0.25, 0.3) is 10.9 Å². The molecule has 2 heterocycles. The van der Waals surface area contributed by atoms with Crippen LogP contribution < -0.4 is 4.72 Å². The first-order valence-corrected chi connectivity index (χ1v) is 9.27. The molecule has 24 heavy (non-hydrogen) atoms. The summed E-state index contributed by atoms with van der Waals surface area (Å²) in [6.45, 7) is 3.84. The third-order valence-electron chi connectivity index (χ3n) is 3.64. The second-order valence-electron chi connectivity index (χ2n) is 5.66. The van der Waals surface area contributed by atoms with Gasteiger partial charge in [0.1, 0.15) is 0 Å². The average Bonchev–Trinajstić information content (AvgIpc) is 2.57. The highest BCUT2D eigenvalue weighted by atomic mass is 35.5. The summed E-state index contributed by atoms with van der Waals surface area (Å²) in [5, 5.41) is 1.08. The summed E-state index contributed by atoms with van der Waals surface area (Å²) in [6.07, 6.45) is 3.06. The number of aromatic nitrogens is 2. The van der Waals surface area contributed by atoms with Crippen LogP contribution >= 0.6 is 11.6 Å². The van der Waals surface area contributed by atoms with E-state index in [0.717, 1.165) is 5.39 Å². The maximum atomic E-state index is 12.9. The Labute approximate surface area is 145 Å². The van der Waals surface area contributed by atoms with Crippen molar-refractivity contribution >= 4 is 38.2 Å². The van der Waals surface area contributed by atoms with Gasteiger partial charge in [-0.3, -0.25) is 9.71 Å². The zero-order valence-corrected chi connectivity index (χ0v) is 14.8. The lowest BCUT2D eigenvalue weighted by atomic mass is 10.1. The minimum Gasteiger partial charge on any atom is -0.275 e. The molecule has 0 amide bonds. The smallest absolute Gasteiger partial charge is 0.275 e. The predicted octanol–water partition coefficient (Wildman–Crippen LogP) is 4.21. The molecular weight excluding hydrogens is 346 g/mol. The molecule has 124 valence electrons. The lowest BCUT2D eigenvalue weighted by molar-refractivity contribution is 0.594. The standard InChI is InChI=1S/C17H16ClN3O2S/c1-11(2)13-6-4-10-20-17(13)24(22,23)21-16-14(18)8-7-12-5-3-9-19-15(12)16/h3-11,21H,1-2H3. The van der Waals surface area contributed by atoms with E-state index in [-0.39, 0.29) is 21.7 Å². The van der Waals surface area contributed by atoms with E-state index >= 15 is 0 Å². The molecule has 1 N–H and O–H groups in total. The monoisotopic (exact) mass is 361 g/mol. The Hall–Kier alpha value is -2.18. The molecule has 3 aromatic rings. The maximum Gasteiger partial charge on any atom is 0.279 e. The molecule has 0 saturated heterocycles. The topological polar surface area (TPSA) is 72.0 Å². The molecule has 5 nitrogen and oxygen atoms in total. The van der Waals surface area contributed by atoms with E-state index in [4.69, 9.17) is 11.6 Å². The van der Waals surface area contributed by atoms with Crippen molar-refractivity contribution in [3.63, 3.8) is 0 Å². The molecule has 7 heteroatoms. The number of nitrogens with zero attached hydrogens (tertiary/aromatic N) is 2. The van der Waals surface area contributed by atoms with Gasteiger partial charge < -0.3 is 0 Å². The van der Waals surface area contributed by atoms with E-state index in [1.54, 1.807) is 36.5 Å². The van der Waals surface area contributed by atoms with Gasteiger partial charge in [0.15, 0.2) is 5.03 Å². The van der Waals surface area contributed by atoms with Crippen LogP contribution in [0.5, 0.6) is 0 Å². The van der Waals surface area contributed by atoms with Crippen LogP contribution in [-0.4, -0.2) is 18.4 Å². The van der Waals surface area contributed by atoms with Crippen molar-refractivity contribution in [1.82, 2.24) is 9.97 Å². The Bertz CT molecular complexity index is 1000. The summed E-state index contributed by atoms with van der Waals surface area (Å²) in [5.74, 6) is 0.0198. The number of pyridine rings is 2. The van der Waals surface area contributed by atoms with Gasteiger partial charge in [-0.1, -0.05) is 43.6 Å². The van der Waals surface area contributed by atoms with Gasteiger partial charge in [-0.05, 0) is 29.7 Å². The Kier molecular flexibility index (Phi) is 4.43. The van der Waals surface area contributed by atoms with E-state index < -0.39 is 10.0 Å². The Morgan fingerprint density at radius 2 is 1.75 bits per heavy atom. The molecule has 0 aliphatic heterocycles. The summed E-state index contributed by atoms with van der Waals surface area (Å²) >= 11 is 6.21. The zero-order chi connectivity index (χ0) is 17.3. The Morgan fingerprint density at radius 3 is 2.50 bits per heavy atom. The number of hydrogen-bond donors (Lipinski definition) is 1. The van der Waals surface area contributed by atoms with Gasteiger partial charge in [0.2, 0.25) is 0 Å². The molecule has 0 unspecified atom stereocenters. The molecule has 3 rings (SSSR count). The molecule has 0 spiro atoms. The van der Waals surface area contributed by atoms with E-state index in [1.807, 2.05) is 19.9 Å². The van der Waals surface area contributed by atoms with Gasteiger partial charge in [0.25, 0.3) is 10.0 Å². The number of nitrogens with one attached hydrogen (secondary N) is 1. The van der Waals surface area contributed by atoms with Crippen LogP contribution in [0, 0.1) is 0 Å². The third kappa shape index (κ3) is 3.07. The molecule has 0 radical (unpaired) electrons. The fourth-order valence-electron chi connectivity index (χ4n) is 2.47. The molecular formula is C17H16ClN3O2S. The zero-order valence-electron chi connectivity index (χ0n) is 13.2. The highest BCUT2D eigenvalue weighted by Crippen LogP contribution is 2.32. The van der Waals surface area contributed by atoms with Crippen LogP contribution in [0.2, 0.25) is 5.02 Å². The number of halogens is 1. The highest BCUT2D eigenvalue weighted by molar-refractivity contribution is 7.92. The molecule has 0 aliphatic rings. The minimum atomic E-state index is -3.89. The second kappa shape index (κ2) is 6.37. The highest BCUT2D eigenvalue weighted by Gasteiger charge is 2.23. The van der Waals surface area contributed by atoms with Crippen molar-refractivity contribution in [2.24, 2.45) is 0 Å². The molecule has 0 bridgehead atoms. The number of sulfonamides is 1. The lowest BCUT2D eigenvalue weighted by Crippen LogP contribution is -2.17. The van der Waals surface area contributed by atoms with Gasteiger partial charge >= 0.3 is 0 Å². The van der Waals surface area contributed by atoms with Crippen LogP contribution in [0.3, 0.4) is 0 Å². The van der Waals surface area contributed by atoms with E-state index in [9.17, 15) is 8.42 Å². The summed E-state index contributed by atoms with van der Waals surface area (Å²) in [6, 6.07) is 10.5. The fourth-order valence-corrected chi connectivity index (χ4v) is 4.11. The summed E-state index contributed by atoms with van der Waals surface area (Å²) in [4.78, 5) is 8.31. The molecule has 2 aromatic heterocycles. The SMILES string of the molecule is CC(C)c1cccnc1S(=O)(=O)Nc1c(Cl)ccc2cccnc12. The van der Waals surface area contributed by atoms with Gasteiger partial charge in [-0.15, -0.1) is 0 Å². The predicted molar refractivity (Wildman–Crippen MR) is 95.9 cm³/mol. The van der Waals surface area contributed by atoms with Crippen molar-refractivity contribution in [2.45, 2.75) is 24.8 Å². The minimum absolute atomic E-state index is 0.00370. The van der Waals surface area contributed by atoms with Crippen LogP contribution in [0.4, 0.5) is 5.69 Å². The number of hydrogen-bond acceptors (Lipinski definition) is 4. The normalized spacial score (nSPS) is 11.8. The van der Waals surface area contributed by atoms with Crippen molar-refractivity contribution < 1.29 is 8.42 Å². The number of fused-ring (bicyclic) bond motifs is 1. The Balaban J connectivity index is 2.14. The van der Waals surface area contributed by atoms with E-state index in [0.29, 0.717) is 11.1 Å². The number of rotatable bonds is 4. The summed E-state index contributed by atoms with van der Waals surface area (Å²) in [5.41, 5.74) is 1.40. The van der Waals surface area contributed by atoms with E-state index in [1.165, 1.54) is 6.20 Å². The van der Waals surface area contributed by atoms with Crippen molar-refractivity contribution in [1.29, 1.82) is 0 Å². The molecule has 0 saturated carbocycles. The quantitative estimate of drug-likeness (QED) is 0.755. The Morgan fingerprint density at radius 1 is 1.04 bits per heavy atom. The first kappa shape index (κ1) is 16.7. The second-order valence-corrected chi connectivity index (χ2v) is 7.66. The third-order valence-corrected chi connectivity index (χ3v) is 5.28. The average molecular weight is 362 g/mol. The summed E-state index contributed by atoms with van der Waals surface area (Å²) < 4.78 is 28.3. The molecule has 0 aliphatic carbocycles. The van der Waals surface area contributed by atoms with Crippen LogP contribution in [0.15, 0.2) is 53.8 Å². The van der Waals surface area contributed by atoms with Crippen molar-refractivity contribution in [2.75, 3.05) is 4.72 Å². The maximum absolute atomic E-state index is 12.9. The van der Waals surface area contributed by atoms with Crippen LogP contribution in [0.1, 0.15) is 25.3 Å². The van der Waals surface area contributed by atoms with Crippen LogP contribution in [-0.2, 0) is 10.0 Å². The number of benzene rings is 1. The number of anilines is 1. The molecule has 0 fully saturated rings. The fraction of sp³-hybridized carbons (Fsp3) is 0.176. The van der Waals surface area contributed by atoms with Crippen molar-refractivity contribution in [3.05, 3.63) is 59.4 Å². The first-order valence-electron chi connectivity index (χ1n) is 7.41. The molecule has 1 aromatic carbocycles. The van der Waals surface area contributed by atoms with Gasteiger partial charge in [-0.25, -0.2) is 4.98 Å². The first-order chi connectivity index (χ1) is 11.4. The lowest BCUT2D eigenvalue weighted by Gasteiger charge is -2.15. The molecule has 0 atom stereocenters. The van der Waals surface area contributed by atoms with Gasteiger partial charge in [0, 0.05) is 17.8 Å². The van der Waals surface area contributed by atoms with Gasteiger partial charge in [0.05, 0.1) is 16.2 Å². The van der Waals surface area contributed by atoms with Gasteiger partial charge in [-0.2, -0.15) is 8.42 Å².